The van der Waals surface area contributed by atoms with E-state index < -0.39 is 40.8 Å². The molecule has 0 saturated carbocycles. The number of fused-ring (bicyclic) bond motifs is 1. The number of nitrogens with zero attached hydrogens (tertiary/aromatic N) is 4. The summed E-state index contributed by atoms with van der Waals surface area (Å²) in [6.07, 6.45) is 1.30. The predicted molar refractivity (Wildman–Crippen MR) is 119 cm³/mol. The van der Waals surface area contributed by atoms with Gasteiger partial charge in [0.25, 0.3) is 17.5 Å². The Morgan fingerprint density at radius 1 is 1.21 bits per heavy atom. The Morgan fingerprint density at radius 2 is 1.97 bits per heavy atom. The van der Waals surface area contributed by atoms with E-state index in [2.05, 4.69) is 4.98 Å². The minimum Gasteiger partial charge on any atom is -0.457 e. The van der Waals surface area contributed by atoms with Gasteiger partial charge in [-0.25, -0.2) is 4.98 Å². The van der Waals surface area contributed by atoms with Crippen molar-refractivity contribution in [3.05, 3.63) is 74.0 Å². The number of ketones is 1. The van der Waals surface area contributed by atoms with Gasteiger partial charge in [-0.1, -0.05) is 6.07 Å². The molecule has 0 N–H and O–H groups in total. The molecule has 0 bridgehead atoms. The van der Waals surface area contributed by atoms with Gasteiger partial charge in [0.15, 0.2) is 11.7 Å². The van der Waals surface area contributed by atoms with E-state index in [1.165, 1.54) is 23.5 Å². The summed E-state index contributed by atoms with van der Waals surface area (Å²) in [6.45, 7) is 2.78. The fourth-order valence-corrected chi connectivity index (χ4v) is 4.59. The highest BCUT2D eigenvalue weighted by atomic mass is 32.1. The van der Waals surface area contributed by atoms with Crippen molar-refractivity contribution in [1.82, 2.24) is 14.5 Å². The number of amides is 2. The molecule has 2 aromatic heterocycles. The van der Waals surface area contributed by atoms with Gasteiger partial charge in [-0.2, -0.15) is 0 Å². The average Bonchev–Trinajstić information content (AvgIpc) is 3.49. The molecule has 11 nitrogen and oxygen atoms in total. The number of ether oxygens (including phenoxy) is 1. The molecule has 0 unspecified atom stereocenters. The number of esters is 1. The molecule has 0 atom stereocenters. The maximum Gasteiger partial charge on any atom is 0.308 e. The van der Waals surface area contributed by atoms with Crippen LogP contribution in [-0.2, 0) is 9.53 Å². The van der Waals surface area contributed by atoms with Crippen molar-refractivity contribution in [2.45, 2.75) is 20.3 Å². The molecule has 2 amide bonds. The first-order valence-corrected chi connectivity index (χ1v) is 11.0. The summed E-state index contributed by atoms with van der Waals surface area (Å²) in [6, 6.07) is 5.47. The lowest BCUT2D eigenvalue weighted by Crippen LogP contribution is -2.32. The topological polar surface area (TPSA) is 142 Å². The van der Waals surface area contributed by atoms with Gasteiger partial charge in [0.05, 0.1) is 16.9 Å². The fourth-order valence-electron chi connectivity index (χ4n) is 3.84. The Morgan fingerprint density at radius 3 is 2.65 bits per heavy atom. The zero-order valence-electron chi connectivity index (χ0n) is 18.1. The van der Waals surface area contributed by atoms with E-state index >= 15 is 0 Å². The molecule has 12 heteroatoms. The van der Waals surface area contributed by atoms with Crippen LogP contribution in [0, 0.1) is 24.0 Å². The maximum atomic E-state index is 12.6. The summed E-state index contributed by atoms with van der Waals surface area (Å²) in [5, 5.41) is 13.7. The summed E-state index contributed by atoms with van der Waals surface area (Å²) in [4.78, 5) is 65.3. The number of rotatable bonds is 8. The molecular weight excluding hydrogens is 464 g/mol. The first kappa shape index (κ1) is 23.0. The minimum atomic E-state index is -0.842. The lowest BCUT2D eigenvalue weighted by molar-refractivity contribution is -0.385. The van der Waals surface area contributed by atoms with Crippen LogP contribution in [0.5, 0.6) is 0 Å². The Hall–Kier alpha value is -4.19. The van der Waals surface area contributed by atoms with Crippen molar-refractivity contribution < 1.29 is 28.8 Å². The number of thiazole rings is 1. The Kier molecular flexibility index (Phi) is 6.07. The largest absolute Gasteiger partial charge is 0.457 e. The molecule has 1 aromatic carbocycles. The number of carbonyl (C=O) groups is 4. The van der Waals surface area contributed by atoms with E-state index in [0.717, 1.165) is 16.7 Å². The van der Waals surface area contributed by atoms with Crippen LogP contribution in [0.3, 0.4) is 0 Å². The van der Waals surface area contributed by atoms with Gasteiger partial charge >= 0.3 is 5.97 Å². The second-order valence-electron chi connectivity index (χ2n) is 7.49. The zero-order valence-corrected chi connectivity index (χ0v) is 19.0. The van der Waals surface area contributed by atoms with Crippen LogP contribution in [0.1, 0.15) is 48.9 Å². The van der Waals surface area contributed by atoms with Crippen molar-refractivity contribution in [2.75, 3.05) is 13.2 Å². The number of nitro groups is 1. The quantitative estimate of drug-likeness (QED) is 0.157. The Labute approximate surface area is 196 Å². The summed E-state index contributed by atoms with van der Waals surface area (Å²) >= 11 is 1.42. The van der Waals surface area contributed by atoms with Crippen molar-refractivity contribution in [2.24, 2.45) is 0 Å². The first-order chi connectivity index (χ1) is 16.2. The monoisotopic (exact) mass is 482 g/mol. The third-order valence-electron chi connectivity index (χ3n) is 5.42. The van der Waals surface area contributed by atoms with E-state index in [-0.39, 0.29) is 24.1 Å². The SMILES string of the molecule is Cc1cc(C(=O)COC(=O)CCN2C(=O)c3cccc([N+](=O)[O-])c3C2=O)c(C)n1-c1nccs1. The second kappa shape index (κ2) is 8.98. The summed E-state index contributed by atoms with van der Waals surface area (Å²) in [5.74, 6) is -2.75. The van der Waals surface area contributed by atoms with Crippen molar-refractivity contribution in [3.63, 3.8) is 0 Å². The van der Waals surface area contributed by atoms with E-state index in [4.69, 9.17) is 4.74 Å². The van der Waals surface area contributed by atoms with E-state index in [1.807, 2.05) is 16.9 Å². The molecule has 174 valence electrons. The third-order valence-corrected chi connectivity index (χ3v) is 6.18. The van der Waals surface area contributed by atoms with Crippen LogP contribution in [0.4, 0.5) is 5.69 Å². The maximum absolute atomic E-state index is 12.6. The van der Waals surface area contributed by atoms with Gasteiger partial charge in [-0.15, -0.1) is 11.3 Å². The number of aromatic nitrogens is 2. The molecular formula is C22H18N4O7S. The second-order valence-corrected chi connectivity index (χ2v) is 8.36. The molecule has 1 aliphatic heterocycles. The average molecular weight is 482 g/mol. The van der Waals surface area contributed by atoms with E-state index in [0.29, 0.717) is 16.4 Å². The van der Waals surface area contributed by atoms with Crippen molar-refractivity contribution in [1.29, 1.82) is 0 Å². The van der Waals surface area contributed by atoms with Crippen LogP contribution in [0.25, 0.3) is 5.13 Å². The number of imide groups is 1. The third kappa shape index (κ3) is 3.99. The van der Waals surface area contributed by atoms with Gasteiger partial charge in [0.2, 0.25) is 5.78 Å². The molecule has 3 heterocycles. The number of aryl methyl sites for hydroxylation is 1. The predicted octanol–water partition coefficient (Wildman–Crippen LogP) is 2.87. The number of hydrogen-bond acceptors (Lipinski definition) is 9. The molecule has 0 aliphatic carbocycles. The number of carbonyl (C=O) groups excluding carboxylic acids is 4. The zero-order chi connectivity index (χ0) is 24.6. The molecule has 0 radical (unpaired) electrons. The lowest BCUT2D eigenvalue weighted by atomic mass is 10.1. The van der Waals surface area contributed by atoms with E-state index in [1.54, 1.807) is 19.2 Å². The number of nitro benzene ring substituents is 1. The fraction of sp³-hybridized carbons (Fsp3) is 0.227. The lowest BCUT2D eigenvalue weighted by Gasteiger charge is -2.13. The summed E-state index contributed by atoms with van der Waals surface area (Å²) < 4.78 is 6.89. The van der Waals surface area contributed by atoms with Crippen molar-refractivity contribution >= 4 is 40.6 Å². The van der Waals surface area contributed by atoms with E-state index in [9.17, 15) is 29.3 Å². The van der Waals surface area contributed by atoms with Gasteiger partial charge in [0, 0.05) is 41.1 Å². The smallest absolute Gasteiger partial charge is 0.308 e. The van der Waals surface area contributed by atoms with Gasteiger partial charge in [-0.05, 0) is 26.0 Å². The number of Topliss-reactive ketones (excluding diaryl/α,β-unsaturated/α-hetero) is 1. The van der Waals surface area contributed by atoms with Crippen molar-refractivity contribution in [3.8, 4) is 5.13 Å². The summed E-state index contributed by atoms with van der Waals surface area (Å²) in [7, 11) is 0. The van der Waals surface area contributed by atoms with Crippen LogP contribution < -0.4 is 0 Å². The highest BCUT2D eigenvalue weighted by Crippen LogP contribution is 2.30. The highest BCUT2D eigenvalue weighted by Gasteiger charge is 2.40. The Bertz CT molecular complexity index is 1340. The van der Waals surface area contributed by atoms with Gasteiger partial charge in [-0.3, -0.25) is 38.8 Å². The van der Waals surface area contributed by atoms with Crippen LogP contribution in [0.2, 0.25) is 0 Å². The number of hydrogen-bond donors (Lipinski definition) is 0. The minimum absolute atomic E-state index is 0.0849. The molecule has 0 saturated heterocycles. The van der Waals surface area contributed by atoms with Crippen LogP contribution in [0.15, 0.2) is 35.8 Å². The molecule has 0 spiro atoms. The highest BCUT2D eigenvalue weighted by molar-refractivity contribution is 7.12. The standard InChI is InChI=1S/C22H18N4O7S/c1-12-10-15(13(2)25(12)22-23-7-9-34-22)17(27)11-33-18(28)6-8-24-20(29)14-4-3-5-16(26(31)32)19(14)21(24)30/h3-5,7,9-10H,6,8,11H2,1-2H3. The normalized spacial score (nSPS) is 12.7. The molecule has 0 fully saturated rings. The number of benzene rings is 1. The van der Waals surface area contributed by atoms with Crippen LogP contribution >= 0.6 is 11.3 Å². The molecule has 4 rings (SSSR count). The first-order valence-electron chi connectivity index (χ1n) is 10.1. The molecule has 34 heavy (non-hydrogen) atoms. The summed E-state index contributed by atoms with van der Waals surface area (Å²) in [5.41, 5.74) is 1.02. The molecule has 3 aromatic rings. The van der Waals surface area contributed by atoms with Gasteiger partial charge in [0.1, 0.15) is 5.56 Å². The Balaban J connectivity index is 1.37. The molecule has 1 aliphatic rings. The van der Waals surface area contributed by atoms with Crippen LogP contribution in [-0.4, -0.2) is 56.1 Å². The van der Waals surface area contributed by atoms with Gasteiger partial charge < -0.3 is 4.74 Å².